The average molecular weight is 378 g/mol. The molecule has 0 fully saturated rings. The second kappa shape index (κ2) is 7.88. The van der Waals surface area contributed by atoms with Gasteiger partial charge >= 0.3 is 154 Å². The van der Waals surface area contributed by atoms with Crippen LogP contribution in [0.2, 0.25) is 0 Å². The number of allylic oxidation sites excluding steroid dienone is 8. The Balaban J connectivity index is 2.06. The van der Waals surface area contributed by atoms with Gasteiger partial charge in [-0.3, -0.25) is 0 Å². The van der Waals surface area contributed by atoms with Crippen LogP contribution in [0.3, 0.4) is 0 Å². The Morgan fingerprint density at radius 1 is 0.880 bits per heavy atom. The topological polar surface area (TPSA) is 52.6 Å². The molecule has 0 radical (unpaired) electrons. The number of carbonyl (C=O) groups excluding carboxylic acids is 2. The van der Waals surface area contributed by atoms with E-state index >= 15 is 0 Å². The minimum atomic E-state index is -3.92. The second-order valence-electron chi connectivity index (χ2n) is 6.79. The molecule has 0 aromatic rings. The third kappa shape index (κ3) is 3.61. The van der Waals surface area contributed by atoms with E-state index in [1.165, 1.54) is 11.1 Å². The van der Waals surface area contributed by atoms with Crippen molar-refractivity contribution in [1.82, 2.24) is 0 Å². The molecule has 0 amide bonds. The Morgan fingerprint density at radius 3 is 1.72 bits per heavy atom. The summed E-state index contributed by atoms with van der Waals surface area (Å²) in [7, 11) is 0. The fourth-order valence-corrected chi connectivity index (χ4v) is 9.71. The Hall–Kier alpha value is -1.39. The number of hydrogen-bond acceptors (Lipinski definition) is 4. The summed E-state index contributed by atoms with van der Waals surface area (Å²) in [6.07, 6.45) is 14.0. The van der Waals surface area contributed by atoms with Crippen LogP contribution in [-0.2, 0) is 33.6 Å². The van der Waals surface area contributed by atoms with Gasteiger partial charge in [0.05, 0.1) is 0 Å². The summed E-state index contributed by atoms with van der Waals surface area (Å²) in [6.45, 7) is 3.92. The third-order valence-corrected chi connectivity index (χ3v) is 10.7. The van der Waals surface area contributed by atoms with Crippen molar-refractivity contribution >= 4 is 11.9 Å². The van der Waals surface area contributed by atoms with Gasteiger partial charge in [-0.25, -0.2) is 0 Å². The van der Waals surface area contributed by atoms with Crippen LogP contribution in [0.15, 0.2) is 43.2 Å². The van der Waals surface area contributed by atoms with Gasteiger partial charge in [-0.2, -0.15) is 0 Å². The van der Waals surface area contributed by atoms with Crippen LogP contribution >= 0.6 is 0 Å². The van der Waals surface area contributed by atoms with E-state index in [9.17, 15) is 9.59 Å². The average Bonchev–Trinajstić information content (AvgIpc) is 3.20. The molecule has 0 N–H and O–H groups in total. The van der Waals surface area contributed by atoms with Crippen LogP contribution in [0.25, 0.3) is 0 Å². The molecule has 25 heavy (non-hydrogen) atoms. The molecule has 134 valence electrons. The van der Waals surface area contributed by atoms with E-state index in [1.807, 2.05) is 13.8 Å². The molecule has 1 heterocycles. The van der Waals surface area contributed by atoms with Gasteiger partial charge in [0.15, 0.2) is 0 Å². The zero-order chi connectivity index (χ0) is 17.9. The summed E-state index contributed by atoms with van der Waals surface area (Å²) in [5.41, 5.74) is 2.44. The SMILES string of the molecule is CCCC(=O)[O][Ti]1([O]C(=O)CCC)[C]2=C(C=CC2)CCC2=[C]1CC=C2. The maximum atomic E-state index is 12.5. The fraction of sp³-hybridized carbons (Fsp3) is 0.500. The van der Waals surface area contributed by atoms with Crippen molar-refractivity contribution in [3.05, 3.63) is 43.2 Å². The van der Waals surface area contributed by atoms with Gasteiger partial charge < -0.3 is 0 Å². The molecule has 0 unspecified atom stereocenters. The molecule has 2 aliphatic carbocycles. The van der Waals surface area contributed by atoms with E-state index < -0.39 is 17.4 Å². The second-order valence-corrected chi connectivity index (χ2v) is 11.2. The summed E-state index contributed by atoms with van der Waals surface area (Å²) in [4.78, 5) is 25.0. The van der Waals surface area contributed by atoms with Crippen molar-refractivity contribution in [2.75, 3.05) is 0 Å². The molecule has 0 aromatic heterocycles. The monoisotopic (exact) mass is 378 g/mol. The number of rotatable bonds is 6. The first-order valence-corrected chi connectivity index (χ1v) is 12.2. The third-order valence-electron chi connectivity index (χ3n) is 4.94. The molecule has 3 rings (SSSR count). The van der Waals surface area contributed by atoms with Crippen molar-refractivity contribution in [2.45, 2.75) is 65.2 Å². The first-order valence-electron chi connectivity index (χ1n) is 9.32. The van der Waals surface area contributed by atoms with Gasteiger partial charge in [-0.1, -0.05) is 0 Å². The summed E-state index contributed by atoms with van der Waals surface area (Å²) in [5.74, 6) is -0.461. The summed E-state index contributed by atoms with van der Waals surface area (Å²) >= 11 is -3.92. The molecule has 0 spiro atoms. The van der Waals surface area contributed by atoms with E-state index in [-0.39, 0.29) is 11.9 Å². The summed E-state index contributed by atoms with van der Waals surface area (Å²) < 4.78 is 14.5. The number of hydrogen-bond donors (Lipinski definition) is 0. The standard InChI is InChI=1S/C12H12.2C4H8O2.Ti/c1-2-6-11(5-1)9-10-12-7-3-4-8-12;2*1-2-3-4(5)6;/h1,3,5,7H,2,4,9-10H2;2*2-3H2,1H3,(H,5,6);/q;;;+2/p-2. The maximum absolute atomic E-state index is 12.5. The normalized spacial score (nSPS) is 20.4. The zero-order valence-electron chi connectivity index (χ0n) is 15.1. The molecule has 5 heteroatoms. The van der Waals surface area contributed by atoms with E-state index in [4.69, 9.17) is 6.64 Å². The number of carbonyl (C=O) groups is 2. The molecule has 0 bridgehead atoms. The fourth-order valence-electron chi connectivity index (χ4n) is 3.81. The van der Waals surface area contributed by atoms with Crippen molar-refractivity contribution < 1.29 is 33.6 Å². The van der Waals surface area contributed by atoms with Crippen LogP contribution < -0.4 is 0 Å². The quantitative estimate of drug-likeness (QED) is 0.619. The van der Waals surface area contributed by atoms with Gasteiger partial charge in [-0.05, 0) is 0 Å². The minimum absolute atomic E-state index is 0.230. The van der Waals surface area contributed by atoms with Gasteiger partial charge in [0.1, 0.15) is 0 Å². The predicted molar refractivity (Wildman–Crippen MR) is 92.8 cm³/mol. The van der Waals surface area contributed by atoms with Crippen molar-refractivity contribution in [3.63, 3.8) is 0 Å². The Kier molecular flexibility index (Phi) is 5.80. The van der Waals surface area contributed by atoms with Crippen LogP contribution in [0.5, 0.6) is 0 Å². The molecule has 0 atom stereocenters. The van der Waals surface area contributed by atoms with Crippen molar-refractivity contribution in [1.29, 1.82) is 0 Å². The zero-order valence-corrected chi connectivity index (χ0v) is 16.7. The molecule has 0 aromatic carbocycles. The van der Waals surface area contributed by atoms with Crippen LogP contribution in [-0.4, -0.2) is 11.9 Å². The molecule has 3 aliphatic rings. The molecular weight excluding hydrogens is 352 g/mol. The van der Waals surface area contributed by atoms with Crippen LogP contribution in [0.4, 0.5) is 0 Å². The van der Waals surface area contributed by atoms with Crippen LogP contribution in [0, 0.1) is 0 Å². The molecule has 0 saturated carbocycles. The van der Waals surface area contributed by atoms with Gasteiger partial charge in [0.25, 0.3) is 0 Å². The summed E-state index contributed by atoms with van der Waals surface area (Å²) in [6, 6.07) is 0. The van der Waals surface area contributed by atoms with Crippen molar-refractivity contribution in [2.24, 2.45) is 0 Å². The molecule has 4 nitrogen and oxygen atoms in total. The first kappa shape index (κ1) is 18.4. The molecular formula is C20H26O4Ti. The van der Waals surface area contributed by atoms with E-state index in [0.29, 0.717) is 12.8 Å². The summed E-state index contributed by atoms with van der Waals surface area (Å²) in [5, 5.41) is 0. The van der Waals surface area contributed by atoms with E-state index in [0.717, 1.165) is 46.3 Å². The first-order chi connectivity index (χ1) is 12.1. The molecule has 1 aliphatic heterocycles. The van der Waals surface area contributed by atoms with Gasteiger partial charge in [0, 0.05) is 0 Å². The van der Waals surface area contributed by atoms with E-state index in [1.54, 1.807) is 0 Å². The van der Waals surface area contributed by atoms with Gasteiger partial charge in [-0.15, -0.1) is 0 Å². The Morgan fingerprint density at radius 2 is 1.32 bits per heavy atom. The molecule has 0 saturated heterocycles. The van der Waals surface area contributed by atoms with Crippen molar-refractivity contribution in [3.8, 4) is 0 Å². The Bertz CT molecular complexity index is 636. The van der Waals surface area contributed by atoms with Gasteiger partial charge in [0.2, 0.25) is 0 Å². The van der Waals surface area contributed by atoms with Crippen LogP contribution in [0.1, 0.15) is 65.2 Å². The predicted octanol–water partition coefficient (Wildman–Crippen LogP) is 4.88. The van der Waals surface area contributed by atoms with E-state index in [2.05, 4.69) is 24.3 Å². The Labute approximate surface area is 154 Å².